The molecular formula is C42H33NS. The van der Waals surface area contributed by atoms with E-state index in [1.165, 1.54) is 59.4 Å². The fourth-order valence-corrected chi connectivity index (χ4v) is 8.89. The number of allylic oxidation sites excluding steroid dienone is 5. The van der Waals surface area contributed by atoms with Crippen LogP contribution in [0.5, 0.6) is 0 Å². The molecule has 2 aliphatic carbocycles. The maximum Gasteiger partial charge on any atom is 0.0592 e. The molecule has 212 valence electrons. The van der Waals surface area contributed by atoms with Crippen molar-refractivity contribution in [2.75, 3.05) is 4.90 Å². The number of hydrogen-bond acceptors (Lipinski definition) is 2. The lowest BCUT2D eigenvalue weighted by Gasteiger charge is -2.33. The Morgan fingerprint density at radius 2 is 1.36 bits per heavy atom. The van der Waals surface area contributed by atoms with E-state index in [9.17, 15) is 0 Å². The van der Waals surface area contributed by atoms with Crippen molar-refractivity contribution >= 4 is 48.5 Å². The van der Waals surface area contributed by atoms with E-state index in [4.69, 9.17) is 0 Å². The average molecular weight is 584 g/mol. The number of benzene rings is 5. The summed E-state index contributed by atoms with van der Waals surface area (Å²) in [7, 11) is 0. The summed E-state index contributed by atoms with van der Waals surface area (Å²) in [5.41, 5.74) is 9.69. The van der Waals surface area contributed by atoms with Crippen molar-refractivity contribution < 1.29 is 0 Å². The zero-order chi connectivity index (χ0) is 29.0. The second kappa shape index (κ2) is 10.5. The number of fused-ring (bicyclic) bond motifs is 6. The van der Waals surface area contributed by atoms with Crippen LogP contribution in [0.15, 0.2) is 152 Å². The van der Waals surface area contributed by atoms with Gasteiger partial charge in [-0.2, -0.15) is 0 Å². The summed E-state index contributed by atoms with van der Waals surface area (Å²) in [5, 5.41) is 2.78. The Labute approximate surface area is 263 Å². The van der Waals surface area contributed by atoms with Gasteiger partial charge in [0, 0.05) is 49.3 Å². The van der Waals surface area contributed by atoms with Gasteiger partial charge in [0.1, 0.15) is 0 Å². The van der Waals surface area contributed by atoms with Crippen LogP contribution in [0.4, 0.5) is 11.4 Å². The zero-order valence-corrected chi connectivity index (χ0v) is 25.3. The van der Waals surface area contributed by atoms with Gasteiger partial charge in [0.2, 0.25) is 0 Å². The fourth-order valence-electron chi connectivity index (χ4n) is 7.83. The van der Waals surface area contributed by atoms with E-state index in [-0.39, 0.29) is 0 Å². The predicted octanol–water partition coefficient (Wildman–Crippen LogP) is 11.5. The van der Waals surface area contributed by atoms with Crippen molar-refractivity contribution in [1.82, 2.24) is 0 Å². The molecule has 0 radical (unpaired) electrons. The number of rotatable bonds is 4. The van der Waals surface area contributed by atoms with Gasteiger partial charge in [-0.25, -0.2) is 0 Å². The second-order valence-electron chi connectivity index (χ2n) is 12.5. The normalized spacial score (nSPS) is 22.3. The van der Waals surface area contributed by atoms with Crippen molar-refractivity contribution in [1.29, 1.82) is 0 Å². The fraction of sp³-hybridized carbons (Fsp3) is 0.143. The van der Waals surface area contributed by atoms with Crippen LogP contribution in [0.2, 0.25) is 0 Å². The summed E-state index contributed by atoms with van der Waals surface area (Å²) < 4.78 is 2.75. The van der Waals surface area contributed by atoms with Gasteiger partial charge >= 0.3 is 0 Å². The Morgan fingerprint density at radius 3 is 2.23 bits per heavy atom. The van der Waals surface area contributed by atoms with Crippen molar-refractivity contribution in [3.63, 3.8) is 0 Å². The van der Waals surface area contributed by atoms with Crippen molar-refractivity contribution in [3.05, 3.63) is 174 Å². The first-order valence-corrected chi connectivity index (χ1v) is 16.6. The first kappa shape index (κ1) is 25.8. The first-order chi connectivity index (χ1) is 21.8. The maximum atomic E-state index is 2.54. The average Bonchev–Trinajstić information content (AvgIpc) is 3.63. The minimum atomic E-state index is 0.358. The smallest absolute Gasteiger partial charge is 0.0592 e. The van der Waals surface area contributed by atoms with Crippen LogP contribution in [0, 0.1) is 0 Å². The van der Waals surface area contributed by atoms with Gasteiger partial charge in [0.15, 0.2) is 0 Å². The molecule has 1 aromatic heterocycles. The number of anilines is 2. The van der Waals surface area contributed by atoms with E-state index in [0.717, 1.165) is 12.8 Å². The number of hydrogen-bond donors (Lipinski definition) is 0. The van der Waals surface area contributed by atoms with E-state index in [0.29, 0.717) is 23.8 Å². The molecule has 2 heterocycles. The molecule has 5 aromatic carbocycles. The first-order valence-electron chi connectivity index (χ1n) is 15.8. The van der Waals surface area contributed by atoms with Crippen molar-refractivity contribution in [2.24, 2.45) is 0 Å². The lowest BCUT2D eigenvalue weighted by atomic mass is 9.78. The van der Waals surface area contributed by atoms with Gasteiger partial charge in [-0.05, 0) is 83.1 Å². The highest BCUT2D eigenvalue weighted by Crippen LogP contribution is 2.52. The van der Waals surface area contributed by atoms with Crippen LogP contribution in [-0.2, 0) is 0 Å². The molecule has 1 aliphatic heterocycles. The van der Waals surface area contributed by atoms with E-state index in [1.807, 2.05) is 11.3 Å². The third-order valence-electron chi connectivity index (χ3n) is 9.99. The second-order valence-corrected chi connectivity index (χ2v) is 13.5. The molecule has 4 atom stereocenters. The minimum Gasteiger partial charge on any atom is -0.334 e. The zero-order valence-electron chi connectivity index (χ0n) is 24.5. The Kier molecular flexibility index (Phi) is 6.16. The van der Waals surface area contributed by atoms with Gasteiger partial charge in [0.05, 0.1) is 6.04 Å². The molecule has 44 heavy (non-hydrogen) atoms. The summed E-state index contributed by atoms with van der Waals surface area (Å²) in [6, 6.07) is 45.5. The summed E-state index contributed by atoms with van der Waals surface area (Å²) in [6.45, 7) is 0. The Balaban J connectivity index is 1.05. The van der Waals surface area contributed by atoms with Crippen LogP contribution >= 0.6 is 11.3 Å². The van der Waals surface area contributed by atoms with Gasteiger partial charge < -0.3 is 4.90 Å². The Bertz CT molecular complexity index is 2100. The molecule has 0 saturated heterocycles. The molecule has 0 bridgehead atoms. The standard InChI is InChI=1S/C42H33NS/c1-3-10-28(11-4-1)29-12-9-13-30(24-29)32-19-22-41-37(26-32)38-27-33(20-23-42(38)44-41)31-18-21-40-36(25-31)35-16-7-8-17-39(35)43(40)34-14-5-2-6-15-34/h1-23,26-27,29,31,36,40H,24-25H2/t29?,31?,36-,40?/m0/s1. The van der Waals surface area contributed by atoms with E-state index < -0.39 is 0 Å². The SMILES string of the molecule is C1=CC(c2ccccc2)CC(c2ccc3sc4ccc(C5C=CC6[C@@H](C5)c5ccccc5N6c5ccccc5)cc4c3c2)=C1. The highest BCUT2D eigenvalue weighted by atomic mass is 32.1. The van der Waals surface area contributed by atoms with E-state index in [1.54, 1.807) is 0 Å². The third kappa shape index (κ3) is 4.28. The maximum absolute atomic E-state index is 2.54. The molecule has 0 spiro atoms. The molecule has 6 aromatic rings. The van der Waals surface area contributed by atoms with Crippen LogP contribution in [0.1, 0.15) is 52.8 Å². The molecule has 0 N–H and O–H groups in total. The van der Waals surface area contributed by atoms with E-state index in [2.05, 4.69) is 157 Å². The van der Waals surface area contributed by atoms with Gasteiger partial charge in [-0.15, -0.1) is 11.3 Å². The highest BCUT2D eigenvalue weighted by Gasteiger charge is 2.40. The van der Waals surface area contributed by atoms with Gasteiger partial charge in [-0.3, -0.25) is 0 Å². The Morgan fingerprint density at radius 1 is 0.614 bits per heavy atom. The molecule has 3 aliphatic rings. The van der Waals surface area contributed by atoms with Crippen LogP contribution < -0.4 is 4.90 Å². The molecule has 3 unspecified atom stereocenters. The van der Waals surface area contributed by atoms with Crippen LogP contribution in [0.25, 0.3) is 25.7 Å². The molecular weight excluding hydrogens is 551 g/mol. The molecule has 9 rings (SSSR count). The van der Waals surface area contributed by atoms with Crippen LogP contribution in [-0.4, -0.2) is 6.04 Å². The number of nitrogens with zero attached hydrogens (tertiary/aromatic N) is 1. The molecule has 1 nitrogen and oxygen atoms in total. The molecule has 0 saturated carbocycles. The van der Waals surface area contributed by atoms with Crippen molar-refractivity contribution in [2.45, 2.75) is 36.6 Å². The minimum absolute atomic E-state index is 0.358. The molecule has 0 amide bonds. The van der Waals surface area contributed by atoms with E-state index >= 15 is 0 Å². The lowest BCUT2D eigenvalue weighted by Crippen LogP contribution is -2.31. The topological polar surface area (TPSA) is 3.24 Å². The summed E-state index contributed by atoms with van der Waals surface area (Å²) in [4.78, 5) is 2.54. The summed E-state index contributed by atoms with van der Waals surface area (Å²) >= 11 is 1.92. The summed E-state index contributed by atoms with van der Waals surface area (Å²) in [6.07, 6.45) is 14.0. The van der Waals surface area contributed by atoms with Gasteiger partial charge in [0.25, 0.3) is 0 Å². The largest absolute Gasteiger partial charge is 0.334 e. The van der Waals surface area contributed by atoms with Gasteiger partial charge in [-0.1, -0.05) is 109 Å². The predicted molar refractivity (Wildman–Crippen MR) is 188 cm³/mol. The third-order valence-corrected chi connectivity index (χ3v) is 11.1. The number of para-hydroxylation sites is 2. The molecule has 0 fully saturated rings. The summed E-state index contributed by atoms with van der Waals surface area (Å²) in [5.74, 6) is 1.31. The molecule has 2 heteroatoms. The highest BCUT2D eigenvalue weighted by molar-refractivity contribution is 7.25. The quantitative estimate of drug-likeness (QED) is 0.187. The number of thiophene rings is 1. The monoisotopic (exact) mass is 583 g/mol. The van der Waals surface area contributed by atoms with Crippen molar-refractivity contribution in [3.8, 4) is 0 Å². The van der Waals surface area contributed by atoms with Crippen LogP contribution in [0.3, 0.4) is 0 Å². The Hall–Kier alpha value is -4.66. The lowest BCUT2D eigenvalue weighted by molar-refractivity contribution is 0.533.